The molecule has 7 heteroatoms. The zero-order valence-electron chi connectivity index (χ0n) is 15.5. The summed E-state index contributed by atoms with van der Waals surface area (Å²) >= 11 is 1.54. The first kappa shape index (κ1) is 17.0. The van der Waals surface area contributed by atoms with Crippen molar-refractivity contribution in [3.05, 3.63) is 39.9 Å². The van der Waals surface area contributed by atoms with Crippen LogP contribution in [-0.2, 0) is 12.8 Å². The number of ether oxygens (including phenoxy) is 1. The number of rotatable bonds is 3. The van der Waals surface area contributed by atoms with Crippen LogP contribution in [0.3, 0.4) is 0 Å². The molecular weight excluding hydrogens is 360 g/mol. The van der Waals surface area contributed by atoms with Gasteiger partial charge in [0.05, 0.1) is 12.3 Å². The molecule has 0 bridgehead atoms. The number of benzene rings is 1. The van der Waals surface area contributed by atoms with Crippen LogP contribution < -0.4 is 15.0 Å². The number of aromatic nitrogens is 1. The van der Waals surface area contributed by atoms with Crippen molar-refractivity contribution in [1.82, 2.24) is 15.2 Å². The van der Waals surface area contributed by atoms with Crippen LogP contribution in [0.1, 0.15) is 39.5 Å². The van der Waals surface area contributed by atoms with Crippen molar-refractivity contribution in [2.24, 2.45) is 0 Å². The van der Waals surface area contributed by atoms with E-state index in [1.807, 2.05) is 0 Å². The summed E-state index contributed by atoms with van der Waals surface area (Å²) < 4.78 is 5.73. The number of fused-ring (bicyclic) bond motifs is 2. The Kier molecular flexibility index (Phi) is 4.28. The van der Waals surface area contributed by atoms with Crippen molar-refractivity contribution >= 4 is 22.4 Å². The lowest BCUT2D eigenvalue weighted by Gasteiger charge is -2.38. The molecule has 5 rings (SSSR count). The second kappa shape index (κ2) is 6.80. The van der Waals surface area contributed by atoms with Gasteiger partial charge in [-0.3, -0.25) is 9.69 Å². The molecule has 0 unspecified atom stereocenters. The van der Waals surface area contributed by atoms with E-state index in [-0.39, 0.29) is 5.91 Å². The molecule has 1 saturated heterocycles. The largest absolute Gasteiger partial charge is 0.493 e. The second-order valence-corrected chi connectivity index (χ2v) is 8.42. The smallest absolute Gasteiger partial charge is 0.263 e. The van der Waals surface area contributed by atoms with Crippen molar-refractivity contribution < 1.29 is 9.53 Å². The Morgan fingerprint density at radius 3 is 2.89 bits per heavy atom. The van der Waals surface area contributed by atoms with E-state index < -0.39 is 0 Å². The first-order valence-corrected chi connectivity index (χ1v) is 10.5. The average Bonchev–Trinajstić information content (AvgIpc) is 3.34. The number of nitrogens with zero attached hydrogens (tertiary/aromatic N) is 3. The third kappa shape index (κ3) is 3.08. The monoisotopic (exact) mass is 384 g/mol. The fraction of sp³-hybridized carbons (Fsp3) is 0.500. The quantitative estimate of drug-likeness (QED) is 0.880. The van der Waals surface area contributed by atoms with Gasteiger partial charge in [-0.15, -0.1) is 0 Å². The number of carbonyl (C=O) groups excluding carboxylic acids is 1. The van der Waals surface area contributed by atoms with Crippen LogP contribution in [0.4, 0.5) is 5.13 Å². The van der Waals surface area contributed by atoms with Gasteiger partial charge in [-0.1, -0.05) is 23.5 Å². The number of anilines is 1. The van der Waals surface area contributed by atoms with Crippen molar-refractivity contribution in [3.63, 3.8) is 0 Å². The van der Waals surface area contributed by atoms with Gasteiger partial charge >= 0.3 is 0 Å². The first-order chi connectivity index (χ1) is 13.2. The molecule has 27 heavy (non-hydrogen) atoms. The minimum Gasteiger partial charge on any atom is -0.493 e. The van der Waals surface area contributed by atoms with Crippen molar-refractivity contribution in [1.29, 1.82) is 0 Å². The zero-order chi connectivity index (χ0) is 18.4. The molecule has 142 valence electrons. The van der Waals surface area contributed by atoms with Gasteiger partial charge in [0, 0.05) is 51.6 Å². The third-order valence-corrected chi connectivity index (χ3v) is 7.03. The summed E-state index contributed by atoms with van der Waals surface area (Å²) in [7, 11) is 0. The number of thiazole rings is 1. The van der Waals surface area contributed by atoms with Crippen molar-refractivity contribution in [3.8, 4) is 5.75 Å². The van der Waals surface area contributed by atoms with Gasteiger partial charge in [0.15, 0.2) is 5.13 Å². The highest BCUT2D eigenvalue weighted by molar-refractivity contribution is 7.17. The van der Waals surface area contributed by atoms with Gasteiger partial charge in [-0.25, -0.2) is 4.98 Å². The first-order valence-electron chi connectivity index (χ1n) is 9.71. The van der Waals surface area contributed by atoms with Crippen LogP contribution in [0.2, 0.25) is 0 Å². The molecule has 0 saturated carbocycles. The molecule has 1 fully saturated rings. The van der Waals surface area contributed by atoms with Gasteiger partial charge in [-0.05, 0) is 24.1 Å². The van der Waals surface area contributed by atoms with Crippen LogP contribution in [0, 0.1) is 0 Å². The maximum absolute atomic E-state index is 12.0. The minimum absolute atomic E-state index is 0.0334. The third-order valence-electron chi connectivity index (χ3n) is 5.87. The minimum atomic E-state index is 0.0334. The molecule has 3 aliphatic heterocycles. The summed E-state index contributed by atoms with van der Waals surface area (Å²) in [5.41, 5.74) is 3.62. The van der Waals surface area contributed by atoms with Gasteiger partial charge < -0.3 is 15.0 Å². The Labute approximate surface area is 163 Å². The normalized spacial score (nSPS) is 20.6. The van der Waals surface area contributed by atoms with E-state index in [0.29, 0.717) is 12.6 Å². The van der Waals surface area contributed by atoms with E-state index in [0.717, 1.165) is 67.1 Å². The summed E-state index contributed by atoms with van der Waals surface area (Å²) in [5, 5.41) is 3.90. The molecule has 2 aromatic rings. The van der Waals surface area contributed by atoms with Gasteiger partial charge in [-0.2, -0.15) is 0 Å². The van der Waals surface area contributed by atoms with E-state index in [1.165, 1.54) is 22.5 Å². The molecule has 6 nitrogen and oxygen atoms in total. The molecule has 1 N–H and O–H groups in total. The molecule has 0 radical (unpaired) electrons. The number of hydrogen-bond acceptors (Lipinski definition) is 6. The summed E-state index contributed by atoms with van der Waals surface area (Å²) in [6.07, 6.45) is 1.87. The van der Waals surface area contributed by atoms with E-state index >= 15 is 0 Å². The number of carbonyl (C=O) groups is 1. The topological polar surface area (TPSA) is 57.7 Å². The molecule has 1 aromatic heterocycles. The Morgan fingerprint density at radius 2 is 2.07 bits per heavy atom. The predicted octanol–water partition coefficient (Wildman–Crippen LogP) is 2.25. The number of nitrogens with one attached hydrogen (secondary N) is 1. The summed E-state index contributed by atoms with van der Waals surface area (Å²) in [4.78, 5) is 22.4. The molecule has 3 aliphatic rings. The number of amides is 1. The van der Waals surface area contributed by atoms with Gasteiger partial charge in [0.2, 0.25) is 0 Å². The molecular formula is C20H24N4O2S. The lowest BCUT2D eigenvalue weighted by atomic mass is 10.0. The highest BCUT2D eigenvalue weighted by atomic mass is 32.1. The van der Waals surface area contributed by atoms with Crippen molar-refractivity contribution in [2.45, 2.75) is 25.8 Å². The van der Waals surface area contributed by atoms with Gasteiger partial charge in [0.25, 0.3) is 5.91 Å². The van der Waals surface area contributed by atoms with E-state index in [1.54, 1.807) is 0 Å². The van der Waals surface area contributed by atoms with E-state index in [9.17, 15) is 4.79 Å². The van der Waals surface area contributed by atoms with Crippen LogP contribution in [0.15, 0.2) is 18.2 Å². The zero-order valence-corrected chi connectivity index (χ0v) is 16.3. The Hall–Kier alpha value is -2.12. The van der Waals surface area contributed by atoms with E-state index in [4.69, 9.17) is 9.72 Å². The highest BCUT2D eigenvalue weighted by Gasteiger charge is 2.28. The summed E-state index contributed by atoms with van der Waals surface area (Å²) in [6, 6.07) is 7.05. The van der Waals surface area contributed by atoms with Gasteiger partial charge in [0.1, 0.15) is 10.6 Å². The van der Waals surface area contributed by atoms with Crippen LogP contribution >= 0.6 is 11.3 Å². The fourth-order valence-electron chi connectivity index (χ4n) is 4.15. The lowest BCUT2D eigenvalue weighted by Crippen LogP contribution is -2.47. The maximum Gasteiger partial charge on any atom is 0.263 e. The second-order valence-electron chi connectivity index (χ2n) is 7.44. The Balaban J connectivity index is 1.26. The predicted molar refractivity (Wildman–Crippen MR) is 106 cm³/mol. The standard InChI is InChI=1S/C20H24N4O2S/c1-13(15-3-2-14-5-11-26-17(14)12-15)23-7-9-24(10-8-23)20-22-16-4-6-21-19(25)18(16)27-20/h2-3,12-13H,4-11H2,1H3,(H,21,25)/t13-/m0/s1. The molecule has 1 aromatic carbocycles. The van der Waals surface area contributed by atoms with Crippen molar-refractivity contribution in [2.75, 3.05) is 44.2 Å². The molecule has 1 atom stereocenters. The van der Waals surface area contributed by atoms with Crippen LogP contribution in [0.5, 0.6) is 5.75 Å². The lowest BCUT2D eigenvalue weighted by molar-refractivity contribution is 0.0950. The fourth-order valence-corrected chi connectivity index (χ4v) is 5.23. The molecule has 4 heterocycles. The SMILES string of the molecule is C[C@@H](c1ccc2c(c1)OCC2)N1CCN(c2nc3c(s2)C(=O)NCC3)CC1. The highest BCUT2D eigenvalue weighted by Crippen LogP contribution is 2.33. The Morgan fingerprint density at radius 1 is 1.22 bits per heavy atom. The molecule has 0 spiro atoms. The van der Waals surface area contributed by atoms with Crippen LogP contribution in [0.25, 0.3) is 0 Å². The van der Waals surface area contributed by atoms with E-state index in [2.05, 4.69) is 40.2 Å². The Bertz CT molecular complexity index is 873. The summed E-state index contributed by atoms with van der Waals surface area (Å²) in [5.74, 6) is 1.09. The molecule has 0 aliphatic carbocycles. The summed E-state index contributed by atoms with van der Waals surface area (Å²) in [6.45, 7) is 7.66. The van der Waals surface area contributed by atoms with Crippen LogP contribution in [-0.4, -0.2) is 55.1 Å². The maximum atomic E-state index is 12.0. The average molecular weight is 385 g/mol. The molecule has 1 amide bonds. The number of piperazine rings is 1. The number of hydrogen-bond donors (Lipinski definition) is 1.